The number of ether oxygens (including phenoxy) is 2. The maximum absolute atomic E-state index is 6.70. The molecule has 8 heteroatoms. The number of benzene rings is 5. The normalized spacial score (nSPS) is 11.8. The summed E-state index contributed by atoms with van der Waals surface area (Å²) < 4.78 is 17.7. The number of hydrogen-bond donors (Lipinski definition) is 0. The third-order valence-electron chi connectivity index (χ3n) is 10.2. The van der Waals surface area contributed by atoms with E-state index in [1.807, 2.05) is 91.5 Å². The van der Waals surface area contributed by atoms with Crippen molar-refractivity contribution in [2.75, 3.05) is 0 Å². The molecule has 0 saturated heterocycles. The van der Waals surface area contributed by atoms with Crippen LogP contribution in [0.1, 0.15) is 26.3 Å². The van der Waals surface area contributed by atoms with Gasteiger partial charge >= 0.3 is 0 Å². The molecule has 0 bridgehead atoms. The summed E-state index contributed by atoms with van der Waals surface area (Å²) in [6, 6.07) is 46.8. The molecule has 10 aromatic rings. The number of hydrogen-bond acceptors (Lipinski definition) is 6. The number of rotatable bonds is 7. The molecule has 0 atom stereocenters. The Bertz CT molecular complexity index is 2880. The van der Waals surface area contributed by atoms with Gasteiger partial charge in [0.05, 0.1) is 22.1 Å². The van der Waals surface area contributed by atoms with Crippen LogP contribution in [0.25, 0.3) is 66.6 Å². The molecule has 0 fully saturated rings. The second-order valence-corrected chi connectivity index (χ2v) is 14.9. The van der Waals surface area contributed by atoms with Crippen molar-refractivity contribution in [3.63, 3.8) is 0 Å². The standard InChI is InChI=1S/C48H36N6O2/c1-48(2,3)32-29-51-47(52-30-32)31-24-35(55-33-18-20-39-37-12-4-6-14-41(37)53(43(39)27-33)45-16-8-10-22-49-45)26-36(25-31)56-34-19-21-40-38-13-5-7-15-42(38)54(44(40)28-34)46-17-9-11-23-50-46/h4-30H,1-3H3. The van der Waals surface area contributed by atoms with Crippen LogP contribution in [-0.2, 0) is 5.41 Å². The maximum Gasteiger partial charge on any atom is 0.159 e. The van der Waals surface area contributed by atoms with Crippen molar-refractivity contribution in [3.8, 4) is 46.0 Å². The topological polar surface area (TPSA) is 79.9 Å². The van der Waals surface area contributed by atoms with E-state index in [9.17, 15) is 0 Å². The Morgan fingerprint density at radius 2 is 0.893 bits per heavy atom. The first-order valence-electron chi connectivity index (χ1n) is 18.6. The number of fused-ring (bicyclic) bond motifs is 6. The lowest BCUT2D eigenvalue weighted by atomic mass is 9.89. The van der Waals surface area contributed by atoms with E-state index in [0.717, 1.165) is 66.4 Å². The third kappa shape index (κ3) is 5.88. The molecule has 5 aromatic carbocycles. The summed E-state index contributed by atoms with van der Waals surface area (Å²) in [5, 5.41) is 4.52. The summed E-state index contributed by atoms with van der Waals surface area (Å²) in [4.78, 5) is 19.0. The Morgan fingerprint density at radius 1 is 0.429 bits per heavy atom. The van der Waals surface area contributed by atoms with Gasteiger partial charge in [-0.3, -0.25) is 9.13 Å². The van der Waals surface area contributed by atoms with Crippen molar-refractivity contribution in [3.05, 3.63) is 170 Å². The minimum Gasteiger partial charge on any atom is -0.457 e. The monoisotopic (exact) mass is 728 g/mol. The highest BCUT2D eigenvalue weighted by atomic mass is 16.5. The first-order valence-corrected chi connectivity index (χ1v) is 18.6. The molecule has 0 radical (unpaired) electrons. The molecule has 10 rings (SSSR count). The molecule has 0 amide bonds. The van der Waals surface area contributed by atoms with Crippen molar-refractivity contribution in [1.82, 2.24) is 29.1 Å². The summed E-state index contributed by atoms with van der Waals surface area (Å²) in [5.74, 6) is 4.77. The Labute approximate surface area is 323 Å². The van der Waals surface area contributed by atoms with E-state index in [0.29, 0.717) is 28.8 Å². The van der Waals surface area contributed by atoms with Crippen molar-refractivity contribution in [2.24, 2.45) is 0 Å². The van der Waals surface area contributed by atoms with Crippen LogP contribution in [0.2, 0.25) is 0 Å². The predicted molar refractivity (Wildman–Crippen MR) is 223 cm³/mol. The first-order chi connectivity index (χ1) is 27.4. The molecule has 270 valence electrons. The van der Waals surface area contributed by atoms with Crippen molar-refractivity contribution >= 4 is 43.6 Å². The van der Waals surface area contributed by atoms with Gasteiger partial charge in [0.2, 0.25) is 0 Å². The van der Waals surface area contributed by atoms with Gasteiger partial charge in [-0.25, -0.2) is 19.9 Å². The van der Waals surface area contributed by atoms with Crippen LogP contribution in [0, 0.1) is 0 Å². The lowest BCUT2D eigenvalue weighted by molar-refractivity contribution is 0.461. The lowest BCUT2D eigenvalue weighted by Gasteiger charge is -2.18. The molecule has 56 heavy (non-hydrogen) atoms. The molecule has 0 saturated carbocycles. The third-order valence-corrected chi connectivity index (χ3v) is 10.2. The number of nitrogens with zero attached hydrogens (tertiary/aromatic N) is 6. The Kier molecular flexibility index (Phi) is 7.85. The lowest BCUT2D eigenvalue weighted by Crippen LogP contribution is -2.12. The molecule has 5 aromatic heterocycles. The van der Waals surface area contributed by atoms with Crippen molar-refractivity contribution in [1.29, 1.82) is 0 Å². The highest BCUT2D eigenvalue weighted by molar-refractivity contribution is 6.10. The second kappa shape index (κ2) is 13.2. The zero-order valence-electron chi connectivity index (χ0n) is 31.1. The first kappa shape index (κ1) is 33.3. The molecule has 0 spiro atoms. The van der Waals surface area contributed by atoms with Crippen LogP contribution in [0.3, 0.4) is 0 Å². The average Bonchev–Trinajstić information content (AvgIpc) is 3.73. The number of para-hydroxylation sites is 2. The van der Waals surface area contributed by atoms with Crippen LogP contribution < -0.4 is 9.47 Å². The molecule has 5 heterocycles. The fraction of sp³-hybridized carbons (Fsp3) is 0.0833. The summed E-state index contributed by atoms with van der Waals surface area (Å²) in [7, 11) is 0. The van der Waals surface area contributed by atoms with Gasteiger partial charge in [-0.1, -0.05) is 69.3 Å². The summed E-state index contributed by atoms with van der Waals surface area (Å²) in [5.41, 5.74) is 5.88. The van der Waals surface area contributed by atoms with Crippen molar-refractivity contribution in [2.45, 2.75) is 26.2 Å². The fourth-order valence-corrected chi connectivity index (χ4v) is 7.45. The minimum absolute atomic E-state index is 0.0788. The summed E-state index contributed by atoms with van der Waals surface area (Å²) in [6.07, 6.45) is 7.42. The van der Waals surface area contributed by atoms with Gasteiger partial charge in [-0.15, -0.1) is 0 Å². The number of aromatic nitrogens is 6. The van der Waals surface area contributed by atoms with Gasteiger partial charge in [0.25, 0.3) is 0 Å². The fourth-order valence-electron chi connectivity index (χ4n) is 7.45. The zero-order valence-corrected chi connectivity index (χ0v) is 31.1. The van der Waals surface area contributed by atoms with E-state index in [2.05, 4.69) is 103 Å². The van der Waals surface area contributed by atoms with E-state index in [1.165, 1.54) is 0 Å². The Morgan fingerprint density at radius 3 is 1.36 bits per heavy atom. The van der Waals surface area contributed by atoms with Gasteiger partial charge in [-0.05, 0) is 83.8 Å². The maximum atomic E-state index is 6.70. The van der Waals surface area contributed by atoms with E-state index < -0.39 is 0 Å². The molecule has 8 nitrogen and oxygen atoms in total. The minimum atomic E-state index is -0.0788. The van der Waals surface area contributed by atoms with Crippen LogP contribution in [0.4, 0.5) is 0 Å². The van der Waals surface area contributed by atoms with Crippen molar-refractivity contribution < 1.29 is 9.47 Å². The van der Waals surface area contributed by atoms with Gasteiger partial charge in [-0.2, -0.15) is 0 Å². The Hall–Kier alpha value is -7.32. The van der Waals surface area contributed by atoms with Gasteiger partial charge in [0.1, 0.15) is 34.6 Å². The second-order valence-electron chi connectivity index (χ2n) is 14.9. The molecule has 0 aliphatic rings. The van der Waals surface area contributed by atoms with E-state index in [-0.39, 0.29) is 5.41 Å². The SMILES string of the molecule is CC(C)(C)c1cnc(-c2cc(Oc3ccc4c5ccccc5n(-c5ccccn5)c4c3)cc(Oc3ccc4c5ccccc5n(-c5ccccn5)c4c3)c2)nc1. The van der Waals surface area contributed by atoms with Crippen LogP contribution >= 0.6 is 0 Å². The van der Waals surface area contributed by atoms with Gasteiger partial charge < -0.3 is 9.47 Å². The molecule has 0 unspecified atom stereocenters. The average molecular weight is 729 g/mol. The highest BCUT2D eigenvalue weighted by Crippen LogP contribution is 2.39. The van der Waals surface area contributed by atoms with Gasteiger partial charge in [0, 0.05) is 70.1 Å². The van der Waals surface area contributed by atoms with Crippen LogP contribution in [0.5, 0.6) is 23.0 Å². The van der Waals surface area contributed by atoms with E-state index in [1.54, 1.807) is 0 Å². The molecule has 0 aliphatic carbocycles. The molecular formula is C48H36N6O2. The quantitative estimate of drug-likeness (QED) is 0.163. The van der Waals surface area contributed by atoms with Crippen LogP contribution in [0.15, 0.2) is 164 Å². The Balaban J connectivity index is 1.08. The van der Waals surface area contributed by atoms with E-state index >= 15 is 0 Å². The summed E-state index contributed by atoms with van der Waals surface area (Å²) in [6.45, 7) is 6.46. The zero-order chi connectivity index (χ0) is 37.8. The predicted octanol–water partition coefficient (Wildman–Crippen LogP) is 12.0. The largest absolute Gasteiger partial charge is 0.457 e. The van der Waals surface area contributed by atoms with E-state index in [4.69, 9.17) is 29.4 Å². The molecule has 0 N–H and O–H groups in total. The van der Waals surface area contributed by atoms with Crippen LogP contribution in [-0.4, -0.2) is 29.1 Å². The smallest absolute Gasteiger partial charge is 0.159 e. The molecular weight excluding hydrogens is 693 g/mol. The van der Waals surface area contributed by atoms with Gasteiger partial charge in [0.15, 0.2) is 5.82 Å². The molecule has 0 aliphatic heterocycles. The number of pyridine rings is 2. The highest BCUT2D eigenvalue weighted by Gasteiger charge is 2.18. The summed E-state index contributed by atoms with van der Waals surface area (Å²) >= 11 is 0.